The maximum Gasteiger partial charge on any atom is -0.0233 e. The highest BCUT2D eigenvalue weighted by molar-refractivity contribution is 5.02. The quantitative estimate of drug-likeness (QED) is 0.460. The van der Waals surface area contributed by atoms with Crippen LogP contribution in [0, 0.1) is 18.3 Å². The molecule has 7 heavy (non-hydrogen) atoms. The third kappa shape index (κ3) is 1.05. The lowest BCUT2D eigenvalue weighted by molar-refractivity contribution is 0.648. The van der Waals surface area contributed by atoms with Gasteiger partial charge in [0.05, 0.1) is 0 Å². The average Bonchev–Trinajstić information content (AvgIpc) is 2.44. The molecule has 2 atom stereocenters. The van der Waals surface area contributed by atoms with Crippen LogP contribution < -0.4 is 0 Å². The van der Waals surface area contributed by atoms with Gasteiger partial charge in [0.25, 0.3) is 0 Å². The van der Waals surface area contributed by atoms with Crippen molar-refractivity contribution in [3.05, 3.63) is 19.1 Å². The molecule has 0 heteroatoms. The summed E-state index contributed by atoms with van der Waals surface area (Å²) >= 11 is 0. The first-order valence-electron chi connectivity index (χ1n) is 2.80. The van der Waals surface area contributed by atoms with E-state index in [2.05, 4.69) is 19.9 Å². The van der Waals surface area contributed by atoms with E-state index in [9.17, 15) is 0 Å². The molecule has 1 aliphatic carbocycles. The van der Waals surface area contributed by atoms with E-state index in [4.69, 9.17) is 0 Å². The molecule has 0 aromatic carbocycles. The van der Waals surface area contributed by atoms with Crippen molar-refractivity contribution >= 4 is 0 Å². The van der Waals surface area contributed by atoms with Crippen molar-refractivity contribution in [3.8, 4) is 0 Å². The van der Waals surface area contributed by atoms with Gasteiger partial charge in [0.2, 0.25) is 0 Å². The predicted molar refractivity (Wildman–Crippen MR) is 31.8 cm³/mol. The lowest BCUT2D eigenvalue weighted by Gasteiger charge is -1.97. The van der Waals surface area contributed by atoms with E-state index in [-0.39, 0.29) is 0 Å². The maximum atomic E-state index is 3.70. The third-order valence-electron chi connectivity index (χ3n) is 1.55. The van der Waals surface area contributed by atoms with Crippen molar-refractivity contribution in [2.45, 2.75) is 13.3 Å². The lowest BCUT2D eigenvalue weighted by Crippen LogP contribution is -1.88. The minimum Gasteiger partial charge on any atom is -0.103 e. The topological polar surface area (TPSA) is 0 Å². The summed E-state index contributed by atoms with van der Waals surface area (Å²) in [5, 5.41) is 0. The zero-order valence-electron chi connectivity index (χ0n) is 4.72. The Morgan fingerprint density at radius 2 is 2.57 bits per heavy atom. The number of allylic oxidation sites excluding steroid dienone is 1. The van der Waals surface area contributed by atoms with E-state index in [1.807, 2.05) is 6.08 Å². The van der Waals surface area contributed by atoms with Crippen molar-refractivity contribution in [1.29, 1.82) is 0 Å². The van der Waals surface area contributed by atoms with Gasteiger partial charge < -0.3 is 0 Å². The highest BCUT2D eigenvalue weighted by atomic mass is 14.3. The van der Waals surface area contributed by atoms with Gasteiger partial charge in [0, 0.05) is 0 Å². The fourth-order valence-corrected chi connectivity index (χ4v) is 0.683. The van der Waals surface area contributed by atoms with Crippen molar-refractivity contribution in [3.63, 3.8) is 0 Å². The van der Waals surface area contributed by atoms with Crippen molar-refractivity contribution < 1.29 is 0 Å². The Hall–Kier alpha value is -0.260. The molecule has 1 aliphatic rings. The zero-order valence-corrected chi connectivity index (χ0v) is 4.72. The molecule has 0 N–H and O–H groups in total. The van der Waals surface area contributed by atoms with Crippen LogP contribution in [0.15, 0.2) is 12.7 Å². The molecule has 0 spiro atoms. The molecule has 0 bridgehead atoms. The van der Waals surface area contributed by atoms with Gasteiger partial charge in [-0.3, -0.25) is 0 Å². The summed E-state index contributed by atoms with van der Waals surface area (Å²) < 4.78 is 0. The van der Waals surface area contributed by atoms with E-state index < -0.39 is 0 Å². The van der Waals surface area contributed by atoms with Crippen molar-refractivity contribution in [1.82, 2.24) is 0 Å². The third-order valence-corrected chi connectivity index (χ3v) is 1.55. The van der Waals surface area contributed by atoms with E-state index in [1.54, 1.807) is 0 Å². The molecule has 0 nitrogen and oxygen atoms in total. The Labute approximate surface area is 45.2 Å². The lowest BCUT2D eigenvalue weighted by atomic mass is 10.1. The Kier molecular flexibility index (Phi) is 1.18. The van der Waals surface area contributed by atoms with Crippen LogP contribution in [0.2, 0.25) is 0 Å². The van der Waals surface area contributed by atoms with Gasteiger partial charge in [-0.1, -0.05) is 13.0 Å². The maximum absolute atomic E-state index is 3.70. The predicted octanol–water partition coefficient (Wildman–Crippen LogP) is 2.03. The standard InChI is InChI=1S/C7H11/c1-3-6(2)7-4-5-7/h3-4,6-7H,1,5H2,2H3. The summed E-state index contributed by atoms with van der Waals surface area (Å²) in [4.78, 5) is 0. The second-order valence-electron chi connectivity index (χ2n) is 2.23. The average molecular weight is 95.2 g/mol. The van der Waals surface area contributed by atoms with Crippen LogP contribution in [0.25, 0.3) is 0 Å². The summed E-state index contributed by atoms with van der Waals surface area (Å²) in [6.45, 7) is 5.91. The summed E-state index contributed by atoms with van der Waals surface area (Å²) in [6.07, 6.45) is 5.66. The first-order valence-corrected chi connectivity index (χ1v) is 2.80. The molecule has 0 amide bonds. The van der Waals surface area contributed by atoms with E-state index in [0.717, 1.165) is 11.8 Å². The smallest absolute Gasteiger partial charge is 0.0233 e. The first-order chi connectivity index (χ1) is 3.34. The fourth-order valence-electron chi connectivity index (χ4n) is 0.683. The molecular weight excluding hydrogens is 84.1 g/mol. The zero-order chi connectivity index (χ0) is 5.28. The van der Waals surface area contributed by atoms with Crippen LogP contribution in [0.5, 0.6) is 0 Å². The highest BCUT2D eigenvalue weighted by Crippen LogP contribution is 2.35. The van der Waals surface area contributed by atoms with Crippen LogP contribution in [-0.2, 0) is 0 Å². The molecule has 0 saturated heterocycles. The molecule has 39 valence electrons. The Balaban J connectivity index is 2.22. The van der Waals surface area contributed by atoms with Crippen molar-refractivity contribution in [2.24, 2.45) is 11.8 Å². The number of hydrogen-bond acceptors (Lipinski definition) is 0. The molecule has 1 radical (unpaired) electrons. The van der Waals surface area contributed by atoms with Gasteiger partial charge in [-0.05, 0) is 24.7 Å². The summed E-state index contributed by atoms with van der Waals surface area (Å²) in [7, 11) is 0. The molecule has 1 saturated carbocycles. The second kappa shape index (κ2) is 1.69. The molecule has 0 aromatic rings. The summed E-state index contributed by atoms with van der Waals surface area (Å²) in [5.74, 6) is 1.59. The number of rotatable bonds is 2. The molecule has 1 fully saturated rings. The second-order valence-corrected chi connectivity index (χ2v) is 2.23. The molecule has 0 aliphatic heterocycles. The van der Waals surface area contributed by atoms with Gasteiger partial charge >= 0.3 is 0 Å². The molecule has 2 unspecified atom stereocenters. The van der Waals surface area contributed by atoms with Crippen LogP contribution in [0.3, 0.4) is 0 Å². The minimum absolute atomic E-state index is 0.722. The molecule has 0 aromatic heterocycles. The normalized spacial score (nSPS) is 24.1. The fraction of sp³-hybridized carbons (Fsp3) is 0.571. The van der Waals surface area contributed by atoms with E-state index in [1.165, 1.54) is 6.42 Å². The Morgan fingerprint density at radius 3 is 2.71 bits per heavy atom. The van der Waals surface area contributed by atoms with Gasteiger partial charge in [-0.15, -0.1) is 6.58 Å². The van der Waals surface area contributed by atoms with E-state index in [0.29, 0.717) is 0 Å². The van der Waals surface area contributed by atoms with Crippen LogP contribution in [0.4, 0.5) is 0 Å². The van der Waals surface area contributed by atoms with Gasteiger partial charge in [-0.25, -0.2) is 0 Å². The molecule has 1 rings (SSSR count). The SMILES string of the molecule is C=CC(C)C1[CH]C1. The molecule has 0 heterocycles. The van der Waals surface area contributed by atoms with Crippen LogP contribution in [-0.4, -0.2) is 0 Å². The van der Waals surface area contributed by atoms with Crippen LogP contribution in [0.1, 0.15) is 13.3 Å². The van der Waals surface area contributed by atoms with Crippen LogP contribution >= 0.6 is 0 Å². The minimum atomic E-state index is 0.722. The number of hydrogen-bond donors (Lipinski definition) is 0. The Bertz CT molecular complexity index is 70.1. The summed E-state index contributed by atoms with van der Waals surface area (Å²) in [6, 6.07) is 0. The van der Waals surface area contributed by atoms with Gasteiger partial charge in [0.1, 0.15) is 0 Å². The van der Waals surface area contributed by atoms with Gasteiger partial charge in [-0.2, -0.15) is 0 Å². The largest absolute Gasteiger partial charge is 0.103 e. The highest BCUT2D eigenvalue weighted by Gasteiger charge is 2.25. The Morgan fingerprint density at radius 1 is 2.00 bits per heavy atom. The van der Waals surface area contributed by atoms with E-state index >= 15 is 0 Å². The van der Waals surface area contributed by atoms with Crippen molar-refractivity contribution in [2.75, 3.05) is 0 Å². The molecular formula is C7H11. The first kappa shape index (κ1) is 4.89. The summed E-state index contributed by atoms with van der Waals surface area (Å²) in [5.41, 5.74) is 0. The van der Waals surface area contributed by atoms with Gasteiger partial charge in [0.15, 0.2) is 0 Å². The monoisotopic (exact) mass is 95.1 g/mol.